The fourth-order valence-corrected chi connectivity index (χ4v) is 8.45. The van der Waals surface area contributed by atoms with Gasteiger partial charge >= 0.3 is 0 Å². The maximum Gasteiger partial charge on any atom is 0.238 e. The number of fused-ring (bicyclic) bond motifs is 3. The third-order valence-electron chi connectivity index (χ3n) is 9.37. The van der Waals surface area contributed by atoms with Gasteiger partial charge in [-0.25, -0.2) is 0 Å². The molecule has 2 spiro atoms. The molecule has 6 rings (SSSR count). The minimum Gasteiger partial charge on any atom is -0.394 e. The Labute approximate surface area is 251 Å². The van der Waals surface area contributed by atoms with Crippen LogP contribution in [0.1, 0.15) is 42.7 Å². The third-order valence-corrected chi connectivity index (χ3v) is 10.0. The fourth-order valence-electron chi connectivity index (χ4n) is 7.74. The molecule has 4 aliphatic rings. The van der Waals surface area contributed by atoms with E-state index in [1.165, 1.54) is 0 Å². The van der Waals surface area contributed by atoms with Crippen LogP contribution in [0.3, 0.4) is 0 Å². The van der Waals surface area contributed by atoms with Crippen LogP contribution in [0.5, 0.6) is 0 Å². The molecular weight excluding hydrogens is 599 g/mol. The van der Waals surface area contributed by atoms with E-state index in [1.807, 2.05) is 0 Å². The molecule has 1 aliphatic carbocycles. The summed E-state index contributed by atoms with van der Waals surface area (Å²) in [6.45, 7) is -1.67. The van der Waals surface area contributed by atoms with Crippen LogP contribution in [0.15, 0.2) is 36.4 Å². The zero-order valence-electron chi connectivity index (χ0n) is 22.0. The lowest BCUT2D eigenvalue weighted by molar-refractivity contribution is -0.131. The van der Waals surface area contributed by atoms with Crippen LogP contribution in [0.2, 0.25) is 15.1 Å². The quantitative estimate of drug-likeness (QED) is 0.372. The fraction of sp³-hybridized carbons (Fsp3) is 0.517. The van der Waals surface area contributed by atoms with E-state index in [2.05, 4.69) is 16.0 Å². The number of hydrogen-bond donors (Lipinski definition) is 4. The van der Waals surface area contributed by atoms with Gasteiger partial charge in [0.15, 0.2) is 0 Å². The van der Waals surface area contributed by atoms with Crippen molar-refractivity contribution < 1.29 is 28.2 Å². The second kappa shape index (κ2) is 10.6. The van der Waals surface area contributed by atoms with Gasteiger partial charge in [0, 0.05) is 37.6 Å². The normalized spacial score (nSPS) is 31.1. The molecule has 3 aliphatic heterocycles. The number of carbonyl (C=O) groups is 2. The van der Waals surface area contributed by atoms with Crippen LogP contribution in [-0.2, 0) is 19.7 Å². The van der Waals surface area contributed by atoms with Gasteiger partial charge in [0.2, 0.25) is 11.8 Å². The highest BCUT2D eigenvalue weighted by Crippen LogP contribution is 2.68. The second-order valence-electron chi connectivity index (χ2n) is 11.9. The highest BCUT2D eigenvalue weighted by Gasteiger charge is 2.77. The number of anilines is 1. The van der Waals surface area contributed by atoms with E-state index in [0.29, 0.717) is 44.7 Å². The molecule has 0 unspecified atom stereocenters. The number of benzene rings is 2. The van der Waals surface area contributed by atoms with Crippen LogP contribution in [-0.4, -0.2) is 67.2 Å². The SMILES string of the molecule is O=C(N[C@@H]1CC[C@@H](CO)OC1)[C@@H]1NC2(CC(CF)(CF)C2)[C@@]2(C(=O)Nc3cc(Cl)ccc32)[C@H]1c1cc(Cl)cc(Cl)c1. The number of rotatable bonds is 6. The molecule has 2 saturated heterocycles. The molecule has 220 valence electrons. The standard InChI is InChI=1S/C29H30Cl3F2N3O4/c30-16-1-4-21-22(8-16)36-26(40)29(21)23(15-5-17(31)7-18(32)6-15)24(37-28(29)11-27(12-28,13-33)14-34)25(39)35-19-2-3-20(9-38)41-10-19/h1,4-8,19-20,23-24,37-38H,2-3,9-14H2,(H,35,39)(H,36,40)/t19-,20+,23+,24-,29-/m1/s1. The van der Waals surface area contributed by atoms with Gasteiger partial charge in [-0.05, 0) is 67.1 Å². The summed E-state index contributed by atoms with van der Waals surface area (Å²) in [5, 5.41) is 19.9. The van der Waals surface area contributed by atoms with Crippen molar-refractivity contribution in [3.8, 4) is 0 Å². The summed E-state index contributed by atoms with van der Waals surface area (Å²) in [7, 11) is 0. The number of carbonyl (C=O) groups excluding carboxylic acids is 2. The largest absolute Gasteiger partial charge is 0.394 e. The number of aliphatic hydroxyl groups excluding tert-OH is 1. The van der Waals surface area contributed by atoms with E-state index >= 15 is 0 Å². The Kier molecular flexibility index (Phi) is 7.53. The number of alkyl halides is 2. The van der Waals surface area contributed by atoms with Gasteiger partial charge in [0.1, 0.15) is 5.41 Å². The lowest BCUT2D eigenvalue weighted by atomic mass is 9.46. The average Bonchev–Trinajstić information content (AvgIpc) is 3.39. The zero-order valence-corrected chi connectivity index (χ0v) is 24.3. The summed E-state index contributed by atoms with van der Waals surface area (Å²) < 4.78 is 34.2. The summed E-state index contributed by atoms with van der Waals surface area (Å²) in [5.74, 6) is -1.61. The molecule has 0 radical (unpaired) electrons. The molecule has 3 fully saturated rings. The van der Waals surface area contributed by atoms with E-state index in [-0.39, 0.29) is 44.1 Å². The van der Waals surface area contributed by atoms with Gasteiger partial charge in [-0.1, -0.05) is 40.9 Å². The summed E-state index contributed by atoms with van der Waals surface area (Å²) in [4.78, 5) is 28.4. The minimum atomic E-state index is -1.43. The Balaban J connectivity index is 1.50. The Morgan fingerprint density at radius 1 is 1.05 bits per heavy atom. The van der Waals surface area contributed by atoms with Gasteiger partial charge in [0.25, 0.3) is 0 Å². The van der Waals surface area contributed by atoms with Crippen LogP contribution < -0.4 is 16.0 Å². The van der Waals surface area contributed by atoms with Crippen molar-refractivity contribution in [1.82, 2.24) is 10.6 Å². The van der Waals surface area contributed by atoms with Gasteiger partial charge in [-0.2, -0.15) is 0 Å². The first-order valence-electron chi connectivity index (χ1n) is 13.6. The third kappa shape index (κ3) is 4.46. The van der Waals surface area contributed by atoms with E-state index in [9.17, 15) is 23.5 Å². The number of aliphatic hydroxyl groups is 1. The van der Waals surface area contributed by atoms with Crippen molar-refractivity contribution in [1.29, 1.82) is 0 Å². The monoisotopic (exact) mass is 627 g/mol. The van der Waals surface area contributed by atoms with Crippen molar-refractivity contribution in [3.63, 3.8) is 0 Å². The first kappa shape index (κ1) is 29.1. The van der Waals surface area contributed by atoms with E-state index in [1.54, 1.807) is 36.4 Å². The molecule has 3 heterocycles. The second-order valence-corrected chi connectivity index (χ2v) is 13.2. The molecule has 7 nitrogen and oxygen atoms in total. The van der Waals surface area contributed by atoms with Crippen LogP contribution in [0.4, 0.5) is 14.5 Å². The highest BCUT2D eigenvalue weighted by atomic mass is 35.5. The summed E-state index contributed by atoms with van der Waals surface area (Å²) in [6.07, 6.45) is 0.897. The van der Waals surface area contributed by atoms with Crippen molar-refractivity contribution in [2.24, 2.45) is 5.41 Å². The minimum absolute atomic E-state index is 0.00177. The summed E-state index contributed by atoms with van der Waals surface area (Å²) >= 11 is 19.2. The van der Waals surface area contributed by atoms with Crippen LogP contribution in [0.25, 0.3) is 0 Å². The van der Waals surface area contributed by atoms with Crippen LogP contribution in [0, 0.1) is 5.41 Å². The summed E-state index contributed by atoms with van der Waals surface area (Å²) in [6, 6.07) is 8.66. The van der Waals surface area contributed by atoms with Crippen molar-refractivity contribution in [2.45, 2.75) is 60.7 Å². The van der Waals surface area contributed by atoms with Crippen LogP contribution >= 0.6 is 34.8 Å². The molecule has 2 aromatic rings. The molecule has 5 atom stereocenters. The summed E-state index contributed by atoms with van der Waals surface area (Å²) in [5.41, 5.74) is -2.23. The first-order chi connectivity index (χ1) is 19.6. The van der Waals surface area contributed by atoms with E-state index < -0.39 is 47.6 Å². The molecule has 0 bridgehead atoms. The van der Waals surface area contributed by atoms with Gasteiger partial charge in [-0.3, -0.25) is 23.7 Å². The molecule has 1 saturated carbocycles. The molecule has 2 amide bonds. The van der Waals surface area contributed by atoms with Crippen molar-refractivity contribution in [3.05, 3.63) is 62.6 Å². The number of hydrogen-bond acceptors (Lipinski definition) is 5. The Morgan fingerprint density at radius 2 is 1.76 bits per heavy atom. The van der Waals surface area contributed by atoms with Gasteiger partial charge in [-0.15, -0.1) is 0 Å². The Bertz CT molecular complexity index is 1360. The predicted octanol–water partition coefficient (Wildman–Crippen LogP) is 4.71. The van der Waals surface area contributed by atoms with Gasteiger partial charge in [0.05, 0.1) is 44.8 Å². The first-order valence-corrected chi connectivity index (χ1v) is 14.7. The number of nitrogens with one attached hydrogen (secondary N) is 3. The van der Waals surface area contributed by atoms with E-state index in [4.69, 9.17) is 39.5 Å². The molecule has 12 heteroatoms. The lowest BCUT2D eigenvalue weighted by Crippen LogP contribution is -2.70. The average molecular weight is 629 g/mol. The van der Waals surface area contributed by atoms with E-state index in [0.717, 1.165) is 0 Å². The lowest BCUT2D eigenvalue weighted by Gasteiger charge is -2.59. The number of ether oxygens (including phenoxy) is 1. The maximum absolute atomic E-state index is 14.3. The smallest absolute Gasteiger partial charge is 0.238 e. The number of amides is 2. The molecule has 2 aromatic carbocycles. The highest BCUT2D eigenvalue weighted by molar-refractivity contribution is 6.34. The molecular formula is C29H30Cl3F2N3O4. The maximum atomic E-state index is 14.3. The Hall–Kier alpha value is -2.01. The number of halogens is 5. The predicted molar refractivity (Wildman–Crippen MR) is 152 cm³/mol. The molecule has 0 aromatic heterocycles. The van der Waals surface area contributed by atoms with Crippen molar-refractivity contribution in [2.75, 3.05) is 31.9 Å². The Morgan fingerprint density at radius 3 is 2.37 bits per heavy atom. The van der Waals surface area contributed by atoms with Crippen molar-refractivity contribution >= 4 is 52.3 Å². The van der Waals surface area contributed by atoms with Gasteiger partial charge < -0.3 is 20.5 Å². The molecule has 41 heavy (non-hydrogen) atoms. The molecule has 4 N–H and O–H groups in total. The topological polar surface area (TPSA) is 99.7 Å². The zero-order chi connectivity index (χ0) is 29.2.